The summed E-state index contributed by atoms with van der Waals surface area (Å²) in [6.07, 6.45) is 2.65. The number of rotatable bonds is 5. The quantitative estimate of drug-likeness (QED) is 0.260. The Bertz CT molecular complexity index is 1070. The van der Waals surface area contributed by atoms with Gasteiger partial charge in [0.15, 0.2) is 0 Å². The maximum absolute atomic E-state index is 2.43. The van der Waals surface area contributed by atoms with E-state index in [1.54, 1.807) is 22.3 Å². The number of unbranched alkanes of at least 4 members (excludes halogenated alkanes) is 1. The molecular formula is C31H31Zr. The molecule has 0 bridgehead atoms. The third-order valence-corrected chi connectivity index (χ3v) is 16.2. The average molecular weight is 495 g/mol. The van der Waals surface area contributed by atoms with Gasteiger partial charge in [-0.15, -0.1) is 0 Å². The Labute approximate surface area is 201 Å². The van der Waals surface area contributed by atoms with Crippen molar-refractivity contribution in [3.8, 4) is 22.3 Å². The summed E-state index contributed by atoms with van der Waals surface area (Å²) in [5, 5.41) is 0. The van der Waals surface area contributed by atoms with Crippen LogP contribution in [0.5, 0.6) is 0 Å². The van der Waals surface area contributed by atoms with Crippen molar-refractivity contribution in [3.63, 3.8) is 0 Å². The summed E-state index contributed by atoms with van der Waals surface area (Å²) in [7, 11) is 0. The molecule has 0 spiro atoms. The molecule has 0 N–H and O–H groups in total. The van der Waals surface area contributed by atoms with Crippen molar-refractivity contribution in [2.45, 2.75) is 38.6 Å². The van der Waals surface area contributed by atoms with Crippen LogP contribution in [0.25, 0.3) is 22.3 Å². The Hall–Kier alpha value is -2.24. The van der Waals surface area contributed by atoms with E-state index in [-0.39, 0.29) is 7.43 Å². The summed E-state index contributed by atoms with van der Waals surface area (Å²) in [5.41, 5.74) is 12.4. The monoisotopic (exact) mass is 493 g/mol. The van der Waals surface area contributed by atoms with Gasteiger partial charge in [0.05, 0.1) is 0 Å². The van der Waals surface area contributed by atoms with E-state index in [4.69, 9.17) is 0 Å². The van der Waals surface area contributed by atoms with Gasteiger partial charge in [-0.1, -0.05) is 7.43 Å². The molecule has 0 heterocycles. The summed E-state index contributed by atoms with van der Waals surface area (Å²) in [6, 6.07) is 37.0. The van der Waals surface area contributed by atoms with Gasteiger partial charge in [-0.25, -0.2) is 0 Å². The van der Waals surface area contributed by atoms with E-state index >= 15 is 0 Å². The van der Waals surface area contributed by atoms with Crippen molar-refractivity contribution in [2.24, 2.45) is 0 Å². The van der Waals surface area contributed by atoms with Gasteiger partial charge < -0.3 is 0 Å². The Morgan fingerprint density at radius 3 is 1.16 bits per heavy atom. The summed E-state index contributed by atoms with van der Waals surface area (Å²) in [4.78, 5) is 0. The molecule has 32 heavy (non-hydrogen) atoms. The molecule has 0 radical (unpaired) electrons. The Balaban J connectivity index is 0.00000216. The van der Waals surface area contributed by atoms with Crippen LogP contribution < -0.4 is 0 Å². The van der Waals surface area contributed by atoms with Crippen molar-refractivity contribution in [1.82, 2.24) is 0 Å². The molecule has 0 amide bonds. The second-order valence-electron chi connectivity index (χ2n) is 8.89. The molecular weight excluding hydrogens is 464 g/mol. The van der Waals surface area contributed by atoms with Crippen LogP contribution in [0.2, 0.25) is 4.13 Å². The molecule has 4 aromatic rings. The zero-order valence-electron chi connectivity index (χ0n) is 18.0. The molecule has 2 aliphatic rings. The van der Waals surface area contributed by atoms with Crippen molar-refractivity contribution in [1.29, 1.82) is 0 Å². The molecule has 0 nitrogen and oxygen atoms in total. The van der Waals surface area contributed by atoms with Crippen LogP contribution in [-0.4, -0.2) is 0 Å². The molecule has 0 saturated heterocycles. The van der Waals surface area contributed by atoms with Crippen LogP contribution >= 0.6 is 0 Å². The molecule has 0 aliphatic heterocycles. The molecule has 1 heteroatoms. The van der Waals surface area contributed by atoms with Gasteiger partial charge >= 0.3 is 194 Å². The molecule has 0 fully saturated rings. The first-order chi connectivity index (χ1) is 15.4. The Kier molecular flexibility index (Phi) is 6.04. The van der Waals surface area contributed by atoms with E-state index < -0.39 is 21.8 Å². The average Bonchev–Trinajstić information content (AvgIpc) is 3.34. The Morgan fingerprint density at radius 2 is 0.844 bits per heavy atom. The number of hydrogen-bond acceptors (Lipinski definition) is 0. The molecule has 0 atom stereocenters. The van der Waals surface area contributed by atoms with Gasteiger partial charge in [0.25, 0.3) is 0 Å². The molecule has 2 aliphatic carbocycles. The summed E-state index contributed by atoms with van der Waals surface area (Å²) < 4.78 is 2.73. The van der Waals surface area contributed by atoms with Gasteiger partial charge in [-0.3, -0.25) is 0 Å². The SMILES string of the molecule is C.CCC[CH2][Zr]([CH]1c2ccccc2-c2ccccc21)[CH]1c2ccccc2-c2ccccc21. The predicted molar refractivity (Wildman–Crippen MR) is 134 cm³/mol. The topological polar surface area (TPSA) is 0 Å². The fourth-order valence-corrected chi connectivity index (χ4v) is 16.5. The second kappa shape index (κ2) is 8.95. The number of benzene rings is 4. The maximum atomic E-state index is 2.43. The van der Waals surface area contributed by atoms with Crippen LogP contribution in [-0.2, 0) is 21.8 Å². The molecule has 0 unspecified atom stereocenters. The number of hydrogen-bond donors (Lipinski definition) is 0. The zero-order valence-corrected chi connectivity index (χ0v) is 20.5. The van der Waals surface area contributed by atoms with E-state index in [1.165, 1.54) is 39.2 Å². The summed E-state index contributed by atoms with van der Waals surface area (Å²) in [6.45, 7) is 2.36. The standard InChI is InChI=1S/2C13H9.C4H9.CH4.Zr/c2*1-3-7-12-10(5-1)9-11-6-2-4-8-13(11)12;1-3-4-2;;/h2*1-9H;1,3-4H2,2H3;1H4;. The molecule has 4 aromatic carbocycles. The van der Waals surface area contributed by atoms with Crippen molar-refractivity contribution >= 4 is 0 Å². The summed E-state index contributed by atoms with van der Waals surface area (Å²) >= 11 is -2.08. The van der Waals surface area contributed by atoms with E-state index in [2.05, 4.69) is 104 Å². The van der Waals surface area contributed by atoms with Gasteiger partial charge in [-0.05, 0) is 0 Å². The first-order valence-electron chi connectivity index (χ1n) is 11.6. The van der Waals surface area contributed by atoms with Gasteiger partial charge in [0.1, 0.15) is 0 Å². The molecule has 0 aromatic heterocycles. The minimum atomic E-state index is -2.08. The van der Waals surface area contributed by atoms with Crippen molar-refractivity contribution in [3.05, 3.63) is 119 Å². The van der Waals surface area contributed by atoms with Gasteiger partial charge in [0.2, 0.25) is 0 Å². The van der Waals surface area contributed by atoms with E-state index in [0.29, 0.717) is 7.25 Å². The Morgan fingerprint density at radius 1 is 0.531 bits per heavy atom. The first-order valence-corrected chi connectivity index (χ1v) is 16.2. The molecule has 159 valence electrons. The van der Waals surface area contributed by atoms with Crippen molar-refractivity contribution in [2.75, 3.05) is 0 Å². The van der Waals surface area contributed by atoms with Crippen LogP contribution in [0, 0.1) is 0 Å². The second-order valence-corrected chi connectivity index (χ2v) is 15.8. The normalized spacial score (nSPS) is 13.7. The van der Waals surface area contributed by atoms with Crippen LogP contribution in [0.1, 0.15) is 56.7 Å². The van der Waals surface area contributed by atoms with Gasteiger partial charge in [0, 0.05) is 0 Å². The zero-order chi connectivity index (χ0) is 20.8. The van der Waals surface area contributed by atoms with Crippen LogP contribution in [0.3, 0.4) is 0 Å². The molecule has 0 saturated carbocycles. The third-order valence-electron chi connectivity index (χ3n) is 7.23. The summed E-state index contributed by atoms with van der Waals surface area (Å²) in [5.74, 6) is 0. The van der Waals surface area contributed by atoms with Crippen molar-refractivity contribution < 1.29 is 21.8 Å². The fraction of sp³-hybridized carbons (Fsp3) is 0.226. The molecule has 6 rings (SSSR count). The predicted octanol–water partition coefficient (Wildman–Crippen LogP) is 9.00. The van der Waals surface area contributed by atoms with Crippen LogP contribution in [0.4, 0.5) is 0 Å². The first kappa shape index (κ1) is 21.6. The van der Waals surface area contributed by atoms with Crippen LogP contribution in [0.15, 0.2) is 97.1 Å². The minimum absolute atomic E-state index is 0. The fourth-order valence-electron chi connectivity index (χ4n) is 5.95. The van der Waals surface area contributed by atoms with Gasteiger partial charge in [-0.2, -0.15) is 0 Å². The van der Waals surface area contributed by atoms with E-state index in [0.717, 1.165) is 0 Å². The van der Waals surface area contributed by atoms with E-state index in [9.17, 15) is 0 Å². The number of fused-ring (bicyclic) bond motifs is 6. The third kappa shape index (κ3) is 3.29. The van der Waals surface area contributed by atoms with E-state index in [1.807, 2.05) is 0 Å².